The molecule has 0 spiro atoms. The number of hydrogen-bond acceptors (Lipinski definition) is 1. The lowest BCUT2D eigenvalue weighted by molar-refractivity contribution is 0.0793. The molecule has 0 aromatic heterocycles. The van der Waals surface area contributed by atoms with E-state index in [1.54, 1.807) is 4.90 Å². The van der Waals surface area contributed by atoms with Gasteiger partial charge < -0.3 is 4.90 Å². The fraction of sp³-hybridized carbons (Fsp3) is 0.308. The topological polar surface area (TPSA) is 20.3 Å². The van der Waals surface area contributed by atoms with Gasteiger partial charge in [0.1, 0.15) is 0 Å². The molecule has 0 saturated carbocycles. The molecule has 0 aliphatic carbocycles. The van der Waals surface area contributed by atoms with Gasteiger partial charge in [-0.1, -0.05) is 6.08 Å². The number of carbonyl (C=O) groups excluding carboxylic acids is 1. The minimum atomic E-state index is 0.0550. The van der Waals surface area contributed by atoms with Crippen LogP contribution < -0.4 is 0 Å². The number of amides is 1. The normalized spacial score (nSPS) is 10.1. The van der Waals surface area contributed by atoms with Crippen molar-refractivity contribution < 1.29 is 4.79 Å². The molecule has 1 aromatic rings. The average Bonchev–Trinajstić information content (AvgIpc) is 2.31. The van der Waals surface area contributed by atoms with E-state index in [1.165, 1.54) is 0 Å². The molecular weight excluding hydrogens is 393 g/mol. The predicted molar refractivity (Wildman–Crippen MR) is 83.3 cm³/mol. The molecule has 0 heterocycles. The van der Waals surface area contributed by atoms with Crippen LogP contribution >= 0.6 is 38.5 Å². The molecular formula is C13H15BrINO. The van der Waals surface area contributed by atoms with Crippen molar-refractivity contribution in [1.82, 2.24) is 4.90 Å². The Bertz CT molecular complexity index is 420. The summed E-state index contributed by atoms with van der Waals surface area (Å²) in [6, 6.07) is 5.78. The summed E-state index contributed by atoms with van der Waals surface area (Å²) < 4.78 is 1.91. The highest BCUT2D eigenvalue weighted by atomic mass is 127. The molecule has 0 saturated heterocycles. The van der Waals surface area contributed by atoms with E-state index in [2.05, 4.69) is 45.1 Å². The van der Waals surface area contributed by atoms with Crippen LogP contribution in [0.1, 0.15) is 23.2 Å². The molecule has 17 heavy (non-hydrogen) atoms. The predicted octanol–water partition coefficient (Wildman–Crippen LogP) is 4.09. The van der Waals surface area contributed by atoms with Crippen molar-refractivity contribution >= 4 is 44.4 Å². The average molecular weight is 408 g/mol. The molecule has 0 fully saturated rings. The Morgan fingerprint density at radius 2 is 2.29 bits per heavy atom. The number of carbonyl (C=O) groups is 1. The van der Waals surface area contributed by atoms with Gasteiger partial charge in [0.15, 0.2) is 0 Å². The van der Waals surface area contributed by atoms with Crippen molar-refractivity contribution in [3.8, 4) is 0 Å². The number of rotatable bonds is 5. The van der Waals surface area contributed by atoms with Crippen molar-refractivity contribution in [3.05, 3.63) is 44.5 Å². The zero-order valence-corrected chi connectivity index (χ0v) is 13.5. The highest BCUT2D eigenvalue weighted by molar-refractivity contribution is 14.1. The third-order valence-electron chi connectivity index (χ3n) is 2.41. The minimum Gasteiger partial charge on any atom is -0.342 e. The third-order valence-corrected chi connectivity index (χ3v) is 3.77. The van der Waals surface area contributed by atoms with E-state index in [9.17, 15) is 4.79 Å². The number of hydrogen-bond donors (Lipinski definition) is 0. The Morgan fingerprint density at radius 1 is 1.59 bits per heavy atom. The summed E-state index contributed by atoms with van der Waals surface area (Å²) in [5, 5.41) is 0. The van der Waals surface area contributed by atoms with Crippen LogP contribution in [-0.2, 0) is 0 Å². The lowest BCUT2D eigenvalue weighted by Crippen LogP contribution is -2.28. The fourth-order valence-corrected chi connectivity index (χ4v) is 2.35. The summed E-state index contributed by atoms with van der Waals surface area (Å²) in [5.74, 6) is 0.0550. The van der Waals surface area contributed by atoms with Crippen LogP contribution in [0.2, 0.25) is 0 Å². The Morgan fingerprint density at radius 3 is 2.94 bits per heavy atom. The highest BCUT2D eigenvalue weighted by Gasteiger charge is 2.14. The van der Waals surface area contributed by atoms with Crippen LogP contribution in [0.15, 0.2) is 35.3 Å². The quantitative estimate of drug-likeness (QED) is 0.409. The summed E-state index contributed by atoms with van der Waals surface area (Å²) >= 11 is 5.62. The van der Waals surface area contributed by atoms with Gasteiger partial charge in [-0.2, -0.15) is 0 Å². The number of benzene rings is 1. The van der Waals surface area contributed by atoms with Crippen LogP contribution in [-0.4, -0.2) is 24.4 Å². The summed E-state index contributed by atoms with van der Waals surface area (Å²) in [7, 11) is 1.83. The van der Waals surface area contributed by atoms with Crippen LogP contribution in [0.4, 0.5) is 0 Å². The number of halogens is 2. The number of allylic oxidation sites excluding steroid dienone is 1. The number of unbranched alkanes of at least 4 members (excludes halogenated alkanes) is 1. The van der Waals surface area contributed by atoms with Gasteiger partial charge in [0.05, 0.1) is 5.56 Å². The molecule has 0 atom stereocenters. The molecule has 0 aliphatic rings. The van der Waals surface area contributed by atoms with Crippen molar-refractivity contribution in [3.63, 3.8) is 0 Å². The molecule has 1 rings (SSSR count). The maximum Gasteiger partial charge on any atom is 0.254 e. The summed E-state index contributed by atoms with van der Waals surface area (Å²) in [4.78, 5) is 13.9. The maximum absolute atomic E-state index is 12.2. The molecule has 1 aromatic carbocycles. The van der Waals surface area contributed by atoms with E-state index in [0.29, 0.717) is 0 Å². The fourth-order valence-electron chi connectivity index (χ4n) is 1.44. The van der Waals surface area contributed by atoms with Gasteiger partial charge in [-0.05, 0) is 69.6 Å². The maximum atomic E-state index is 12.2. The first kappa shape index (κ1) is 14.7. The molecule has 0 unspecified atom stereocenters. The second kappa shape index (κ2) is 7.16. The monoisotopic (exact) mass is 407 g/mol. The first-order valence-electron chi connectivity index (χ1n) is 5.37. The van der Waals surface area contributed by atoms with Crippen LogP contribution in [0.5, 0.6) is 0 Å². The second-order valence-electron chi connectivity index (χ2n) is 3.78. The summed E-state index contributed by atoms with van der Waals surface area (Å²) in [6.45, 7) is 4.43. The lowest BCUT2D eigenvalue weighted by atomic mass is 10.2. The molecule has 0 N–H and O–H groups in total. The third kappa shape index (κ3) is 4.43. The smallest absolute Gasteiger partial charge is 0.254 e. The van der Waals surface area contributed by atoms with Gasteiger partial charge in [-0.3, -0.25) is 4.79 Å². The van der Waals surface area contributed by atoms with Crippen molar-refractivity contribution in [2.75, 3.05) is 13.6 Å². The number of nitrogens with zero attached hydrogens (tertiary/aromatic N) is 1. The van der Waals surface area contributed by atoms with Crippen molar-refractivity contribution in [1.29, 1.82) is 0 Å². The molecule has 1 amide bonds. The first-order chi connectivity index (χ1) is 8.06. The van der Waals surface area contributed by atoms with Gasteiger partial charge >= 0.3 is 0 Å². The van der Waals surface area contributed by atoms with Gasteiger partial charge in [0.25, 0.3) is 5.91 Å². The summed E-state index contributed by atoms with van der Waals surface area (Å²) in [5.41, 5.74) is 0.720. The van der Waals surface area contributed by atoms with Crippen LogP contribution in [0, 0.1) is 3.57 Å². The molecule has 0 aliphatic heterocycles. The van der Waals surface area contributed by atoms with Gasteiger partial charge in [-0.25, -0.2) is 0 Å². The van der Waals surface area contributed by atoms with Gasteiger partial charge in [0.2, 0.25) is 0 Å². The van der Waals surface area contributed by atoms with E-state index in [1.807, 2.05) is 31.3 Å². The molecule has 92 valence electrons. The van der Waals surface area contributed by atoms with Crippen LogP contribution in [0.3, 0.4) is 0 Å². The molecule has 0 bridgehead atoms. The van der Waals surface area contributed by atoms with Gasteiger partial charge in [0, 0.05) is 21.6 Å². The van der Waals surface area contributed by atoms with Crippen molar-refractivity contribution in [2.45, 2.75) is 12.8 Å². The van der Waals surface area contributed by atoms with E-state index >= 15 is 0 Å². The Hall–Kier alpha value is -0.360. The largest absolute Gasteiger partial charge is 0.342 e. The van der Waals surface area contributed by atoms with Crippen molar-refractivity contribution in [2.24, 2.45) is 0 Å². The summed E-state index contributed by atoms with van der Waals surface area (Å²) in [6.07, 6.45) is 3.76. The van der Waals surface area contributed by atoms with E-state index in [4.69, 9.17) is 0 Å². The van der Waals surface area contributed by atoms with Gasteiger partial charge in [-0.15, -0.1) is 6.58 Å². The Labute approximate surface area is 124 Å². The molecule has 2 nitrogen and oxygen atoms in total. The Kier molecular flexibility index (Phi) is 6.19. The molecule has 0 radical (unpaired) electrons. The second-order valence-corrected chi connectivity index (χ2v) is 5.88. The first-order valence-corrected chi connectivity index (χ1v) is 7.25. The SMILES string of the molecule is C=CCCCN(C)C(=O)c1cc(I)ccc1Br. The Balaban J connectivity index is 2.74. The van der Waals surface area contributed by atoms with Crippen LogP contribution in [0.25, 0.3) is 0 Å². The van der Waals surface area contributed by atoms with E-state index < -0.39 is 0 Å². The zero-order valence-electron chi connectivity index (χ0n) is 9.75. The van der Waals surface area contributed by atoms with E-state index in [0.717, 1.165) is 33.0 Å². The highest BCUT2D eigenvalue weighted by Crippen LogP contribution is 2.20. The standard InChI is InChI=1S/C13H15BrINO/c1-3-4-5-8-16(2)13(17)11-9-10(15)6-7-12(11)14/h3,6-7,9H,1,4-5,8H2,2H3. The lowest BCUT2D eigenvalue weighted by Gasteiger charge is -2.17. The minimum absolute atomic E-state index is 0.0550. The van der Waals surface area contributed by atoms with E-state index in [-0.39, 0.29) is 5.91 Å². The zero-order chi connectivity index (χ0) is 12.8. The molecule has 4 heteroatoms.